The van der Waals surface area contributed by atoms with Crippen LogP contribution in [0.1, 0.15) is 30.5 Å². The van der Waals surface area contributed by atoms with E-state index < -0.39 is 17.6 Å². The van der Waals surface area contributed by atoms with Crippen molar-refractivity contribution in [3.63, 3.8) is 0 Å². The summed E-state index contributed by atoms with van der Waals surface area (Å²) >= 11 is 1.59. The molecule has 3 aromatic rings. The zero-order valence-electron chi connectivity index (χ0n) is 17.3. The molecule has 0 bridgehead atoms. The summed E-state index contributed by atoms with van der Waals surface area (Å²) in [5.41, 5.74) is 1.09. The average Bonchev–Trinajstić information content (AvgIpc) is 3.20. The van der Waals surface area contributed by atoms with E-state index in [9.17, 15) is 19.2 Å². The maximum absolute atomic E-state index is 12.6. The molecule has 31 heavy (non-hydrogen) atoms. The number of benzene rings is 1. The van der Waals surface area contributed by atoms with Gasteiger partial charge in [0, 0.05) is 25.8 Å². The molecular weight excluding hydrogens is 422 g/mol. The molecule has 0 saturated carbocycles. The SMILES string of the molecule is CC(=O)Oc1ccc2c(C)c(CC(=O)NCCc3ccsc3)c(=O)oc2c1OC(C)=O. The number of ether oxygens (including phenoxy) is 2. The first-order valence-corrected chi connectivity index (χ1v) is 10.4. The summed E-state index contributed by atoms with van der Waals surface area (Å²) in [4.78, 5) is 47.9. The van der Waals surface area contributed by atoms with Gasteiger partial charge in [-0.1, -0.05) is 0 Å². The number of carbonyl (C=O) groups is 3. The van der Waals surface area contributed by atoms with E-state index in [0.29, 0.717) is 23.9 Å². The topological polar surface area (TPSA) is 112 Å². The van der Waals surface area contributed by atoms with E-state index in [1.54, 1.807) is 24.3 Å². The predicted octanol–water partition coefficient (Wildman–Crippen LogP) is 2.91. The van der Waals surface area contributed by atoms with Crippen molar-refractivity contribution in [3.8, 4) is 11.5 Å². The maximum Gasteiger partial charge on any atom is 0.340 e. The summed E-state index contributed by atoms with van der Waals surface area (Å²) in [5, 5.41) is 7.25. The van der Waals surface area contributed by atoms with Crippen molar-refractivity contribution in [2.24, 2.45) is 0 Å². The van der Waals surface area contributed by atoms with E-state index in [1.807, 2.05) is 16.8 Å². The lowest BCUT2D eigenvalue weighted by Crippen LogP contribution is -2.29. The highest BCUT2D eigenvalue weighted by Crippen LogP contribution is 2.37. The molecule has 0 aliphatic heterocycles. The lowest BCUT2D eigenvalue weighted by molar-refractivity contribution is -0.134. The molecule has 1 aromatic carbocycles. The normalized spacial score (nSPS) is 10.7. The highest BCUT2D eigenvalue weighted by molar-refractivity contribution is 7.07. The van der Waals surface area contributed by atoms with Crippen LogP contribution in [-0.4, -0.2) is 24.4 Å². The van der Waals surface area contributed by atoms with E-state index in [0.717, 1.165) is 5.56 Å². The molecule has 9 heteroatoms. The third kappa shape index (κ3) is 5.37. The number of carbonyl (C=O) groups excluding carboxylic acids is 3. The first-order valence-electron chi connectivity index (χ1n) is 9.50. The van der Waals surface area contributed by atoms with E-state index >= 15 is 0 Å². The Kier molecular flexibility index (Phi) is 6.86. The van der Waals surface area contributed by atoms with Crippen molar-refractivity contribution in [2.45, 2.75) is 33.6 Å². The molecule has 0 unspecified atom stereocenters. The molecule has 0 spiro atoms. The van der Waals surface area contributed by atoms with Crippen molar-refractivity contribution in [2.75, 3.05) is 6.54 Å². The van der Waals surface area contributed by atoms with Crippen LogP contribution in [0.5, 0.6) is 11.5 Å². The zero-order chi connectivity index (χ0) is 22.5. The van der Waals surface area contributed by atoms with E-state index in [4.69, 9.17) is 13.9 Å². The molecule has 0 aliphatic carbocycles. The van der Waals surface area contributed by atoms with Crippen molar-refractivity contribution in [3.05, 3.63) is 56.1 Å². The van der Waals surface area contributed by atoms with Crippen LogP contribution in [0.3, 0.4) is 0 Å². The standard InChI is InChI=1S/C22H21NO7S/c1-12-16-4-5-18(28-13(2)24)21(29-14(3)25)20(16)30-22(27)17(12)10-19(26)23-8-6-15-7-9-31-11-15/h4-5,7,9,11H,6,8,10H2,1-3H3,(H,23,26). The third-order valence-electron chi connectivity index (χ3n) is 4.53. The van der Waals surface area contributed by atoms with Crippen molar-refractivity contribution < 1.29 is 28.3 Å². The molecule has 3 rings (SSSR count). The summed E-state index contributed by atoms with van der Waals surface area (Å²) in [6.45, 7) is 4.51. The molecule has 0 aliphatic rings. The monoisotopic (exact) mass is 443 g/mol. The number of thiophene rings is 1. The maximum atomic E-state index is 12.6. The molecule has 0 fully saturated rings. The van der Waals surface area contributed by atoms with Gasteiger partial charge in [0.2, 0.25) is 11.7 Å². The Hall–Kier alpha value is -3.46. The number of rotatable bonds is 7. The number of hydrogen-bond donors (Lipinski definition) is 1. The van der Waals surface area contributed by atoms with Crippen LogP contribution in [0.2, 0.25) is 0 Å². The van der Waals surface area contributed by atoms with Crippen LogP contribution in [0.4, 0.5) is 0 Å². The van der Waals surface area contributed by atoms with Gasteiger partial charge in [0.15, 0.2) is 11.3 Å². The second-order valence-corrected chi connectivity index (χ2v) is 7.64. The quantitative estimate of drug-likeness (QED) is 0.339. The number of amides is 1. The van der Waals surface area contributed by atoms with Gasteiger partial charge in [-0.3, -0.25) is 14.4 Å². The summed E-state index contributed by atoms with van der Waals surface area (Å²) in [5.74, 6) is -1.80. The highest BCUT2D eigenvalue weighted by atomic mass is 32.1. The van der Waals surface area contributed by atoms with Crippen LogP contribution in [0.15, 0.2) is 38.2 Å². The number of hydrogen-bond acceptors (Lipinski definition) is 8. The third-order valence-corrected chi connectivity index (χ3v) is 5.26. The molecule has 2 heterocycles. The van der Waals surface area contributed by atoms with Crippen LogP contribution in [0, 0.1) is 6.92 Å². The number of fused-ring (bicyclic) bond motifs is 1. The van der Waals surface area contributed by atoms with Gasteiger partial charge in [-0.2, -0.15) is 11.3 Å². The molecule has 2 aromatic heterocycles. The predicted molar refractivity (Wildman–Crippen MR) is 115 cm³/mol. The summed E-state index contributed by atoms with van der Waals surface area (Å²) in [7, 11) is 0. The van der Waals surface area contributed by atoms with Gasteiger partial charge in [-0.25, -0.2) is 4.79 Å². The fraction of sp³-hybridized carbons (Fsp3) is 0.273. The largest absolute Gasteiger partial charge is 0.423 e. The zero-order valence-corrected chi connectivity index (χ0v) is 18.1. The van der Waals surface area contributed by atoms with Crippen molar-refractivity contribution in [1.82, 2.24) is 5.32 Å². The van der Waals surface area contributed by atoms with E-state index in [2.05, 4.69) is 5.32 Å². The van der Waals surface area contributed by atoms with Gasteiger partial charge >= 0.3 is 17.6 Å². The van der Waals surface area contributed by atoms with Gasteiger partial charge in [-0.15, -0.1) is 0 Å². The molecule has 0 saturated heterocycles. The van der Waals surface area contributed by atoms with Crippen LogP contribution >= 0.6 is 11.3 Å². The first kappa shape index (κ1) is 22.2. The Morgan fingerprint density at radius 3 is 2.48 bits per heavy atom. The Balaban J connectivity index is 1.89. The minimum absolute atomic E-state index is 0.0296. The van der Waals surface area contributed by atoms with Gasteiger partial charge < -0.3 is 19.2 Å². The second-order valence-electron chi connectivity index (χ2n) is 6.86. The van der Waals surface area contributed by atoms with Gasteiger partial charge in [0.25, 0.3) is 0 Å². The molecule has 1 amide bonds. The summed E-state index contributed by atoms with van der Waals surface area (Å²) in [6.07, 6.45) is 0.549. The summed E-state index contributed by atoms with van der Waals surface area (Å²) in [6, 6.07) is 5.01. The van der Waals surface area contributed by atoms with Gasteiger partial charge in [0.1, 0.15) is 0 Å². The Labute approximate surface area is 181 Å². The van der Waals surface area contributed by atoms with Gasteiger partial charge in [0.05, 0.1) is 12.0 Å². The van der Waals surface area contributed by atoms with E-state index in [-0.39, 0.29) is 35.0 Å². The molecule has 162 valence electrons. The van der Waals surface area contributed by atoms with E-state index in [1.165, 1.54) is 19.9 Å². The minimum Gasteiger partial charge on any atom is -0.423 e. The molecule has 0 radical (unpaired) electrons. The fourth-order valence-corrected chi connectivity index (χ4v) is 3.80. The first-order chi connectivity index (χ1) is 14.8. The molecule has 8 nitrogen and oxygen atoms in total. The molecular formula is C22H21NO7S. The lowest BCUT2D eigenvalue weighted by Gasteiger charge is -2.13. The number of esters is 2. The average molecular weight is 443 g/mol. The lowest BCUT2D eigenvalue weighted by atomic mass is 10.0. The van der Waals surface area contributed by atoms with Crippen LogP contribution in [0.25, 0.3) is 11.0 Å². The Bertz CT molecular complexity index is 1190. The molecule has 1 N–H and O–H groups in total. The number of aryl methyl sites for hydroxylation is 1. The Morgan fingerprint density at radius 1 is 1.10 bits per heavy atom. The highest BCUT2D eigenvalue weighted by Gasteiger charge is 2.21. The van der Waals surface area contributed by atoms with Crippen molar-refractivity contribution >= 4 is 40.2 Å². The van der Waals surface area contributed by atoms with Crippen LogP contribution in [-0.2, 0) is 27.2 Å². The Morgan fingerprint density at radius 2 is 1.84 bits per heavy atom. The molecule has 0 atom stereocenters. The second kappa shape index (κ2) is 9.57. The van der Waals surface area contributed by atoms with Crippen LogP contribution < -0.4 is 20.4 Å². The number of nitrogens with one attached hydrogen (secondary N) is 1. The fourth-order valence-electron chi connectivity index (χ4n) is 3.10. The summed E-state index contributed by atoms with van der Waals surface area (Å²) < 4.78 is 15.6. The van der Waals surface area contributed by atoms with Gasteiger partial charge in [-0.05, 0) is 53.4 Å². The smallest absolute Gasteiger partial charge is 0.340 e. The minimum atomic E-state index is -0.730. The van der Waals surface area contributed by atoms with Crippen molar-refractivity contribution in [1.29, 1.82) is 0 Å².